The van der Waals surface area contributed by atoms with E-state index >= 15 is 0 Å². The zero-order valence-corrected chi connectivity index (χ0v) is 21.3. The number of carbonyl (C=O) groups excluding carboxylic acids is 3. The van der Waals surface area contributed by atoms with Gasteiger partial charge in [-0.1, -0.05) is 62.4 Å². The number of nitro groups is 1. The van der Waals surface area contributed by atoms with Crippen LogP contribution in [0.25, 0.3) is 0 Å². The second kappa shape index (κ2) is 17.9. The van der Waals surface area contributed by atoms with Crippen LogP contribution in [-0.4, -0.2) is 47.7 Å². The second-order valence-electron chi connectivity index (χ2n) is 9.08. The van der Waals surface area contributed by atoms with Crippen molar-refractivity contribution in [2.45, 2.75) is 77.7 Å². The summed E-state index contributed by atoms with van der Waals surface area (Å²) in [5, 5.41) is 15.2. The number of hydrogen-bond acceptors (Lipinski definition) is 6. The van der Waals surface area contributed by atoms with E-state index in [0.29, 0.717) is 44.6 Å². The molecular weight excluding hydrogens is 464 g/mol. The van der Waals surface area contributed by atoms with Crippen LogP contribution in [0.2, 0.25) is 0 Å². The van der Waals surface area contributed by atoms with Gasteiger partial charge in [-0.05, 0) is 38.0 Å². The number of carbonyl (C=O) groups is 3. The molecule has 0 aliphatic heterocycles. The molecule has 0 fully saturated rings. The lowest BCUT2D eigenvalue weighted by Gasteiger charge is -2.19. The third-order valence-corrected chi connectivity index (χ3v) is 5.46. The van der Waals surface area contributed by atoms with Crippen molar-refractivity contribution in [1.82, 2.24) is 16.1 Å². The maximum atomic E-state index is 12.6. The first-order chi connectivity index (χ1) is 17.2. The number of nitrogens with zero attached hydrogens (tertiary/aromatic N) is 2. The summed E-state index contributed by atoms with van der Waals surface area (Å²) in [7, 11) is 0. The molecule has 0 aliphatic rings. The molecule has 0 aromatic heterocycles. The molecule has 2 amide bonds. The van der Waals surface area contributed by atoms with Crippen LogP contribution in [0.1, 0.15) is 82.0 Å². The molecule has 0 radical (unpaired) electrons. The molecule has 1 aromatic rings. The summed E-state index contributed by atoms with van der Waals surface area (Å²) < 4.78 is 0. The number of rotatable bonds is 18. The van der Waals surface area contributed by atoms with Crippen molar-refractivity contribution in [1.29, 1.82) is 0 Å². The molecule has 1 rings (SSSR count). The largest absolute Gasteiger partial charge is 0.365 e. The van der Waals surface area contributed by atoms with E-state index in [1.807, 2.05) is 30.3 Å². The Morgan fingerprint density at radius 2 is 1.67 bits per heavy atom. The number of amides is 2. The van der Waals surface area contributed by atoms with Crippen LogP contribution in [0.3, 0.4) is 0 Å². The van der Waals surface area contributed by atoms with Crippen LogP contribution in [0.5, 0.6) is 0 Å². The molecule has 0 saturated carbocycles. The molecule has 0 bridgehead atoms. The summed E-state index contributed by atoms with van der Waals surface area (Å²) in [6.45, 7) is 4.82. The van der Waals surface area contributed by atoms with Crippen LogP contribution in [0.15, 0.2) is 35.3 Å². The molecule has 1 aromatic carbocycles. The first-order valence-electron chi connectivity index (χ1n) is 12.5. The smallest absolute Gasteiger partial charge is 0.251 e. The van der Waals surface area contributed by atoms with Gasteiger partial charge in [0, 0.05) is 31.5 Å². The maximum absolute atomic E-state index is 12.6. The zero-order chi connectivity index (χ0) is 26.8. The Labute approximate surface area is 212 Å². The van der Waals surface area contributed by atoms with Crippen molar-refractivity contribution in [3.8, 4) is 0 Å². The van der Waals surface area contributed by atoms with Gasteiger partial charge in [-0.3, -0.25) is 14.4 Å². The lowest BCUT2D eigenvalue weighted by Crippen LogP contribution is -2.47. The van der Waals surface area contributed by atoms with Crippen molar-refractivity contribution in [3.63, 3.8) is 0 Å². The van der Waals surface area contributed by atoms with Crippen LogP contribution in [-0.2, 0) is 9.59 Å². The Bertz CT molecular complexity index is 860. The van der Waals surface area contributed by atoms with E-state index in [9.17, 15) is 24.5 Å². The highest BCUT2D eigenvalue weighted by atomic mass is 16.7. The van der Waals surface area contributed by atoms with Crippen molar-refractivity contribution in [2.75, 3.05) is 13.1 Å². The summed E-state index contributed by atoms with van der Waals surface area (Å²) >= 11 is 0. The van der Waals surface area contributed by atoms with E-state index in [1.54, 1.807) is 5.43 Å². The van der Waals surface area contributed by atoms with E-state index in [-0.39, 0.29) is 30.1 Å². The maximum Gasteiger partial charge on any atom is 0.251 e. The number of benzene rings is 1. The Hall–Kier alpha value is -3.50. The van der Waals surface area contributed by atoms with Gasteiger partial charge in [0.05, 0.1) is 0 Å². The standard InChI is InChI=1S/C25H40N6O5/c1-19(2)16-18-27-24(34)21(13-10-17-28-25(26)30-31(35)36)29-23(33)15-9-4-3-8-14-22(32)20-11-6-5-7-12-20/h5-7,11-12,19,21H,3-4,8-10,13-18H2,1-2H3,(H,27,34)(H,29,33)(H3,26,28,30)/t21-/m0/s1. The Balaban J connectivity index is 2.40. The predicted molar refractivity (Wildman–Crippen MR) is 139 cm³/mol. The molecule has 5 N–H and O–H groups in total. The van der Waals surface area contributed by atoms with Crippen molar-refractivity contribution >= 4 is 23.6 Å². The highest BCUT2D eigenvalue weighted by Gasteiger charge is 2.20. The molecule has 0 saturated heterocycles. The first-order valence-corrected chi connectivity index (χ1v) is 12.5. The number of guanidine groups is 1. The van der Waals surface area contributed by atoms with Gasteiger partial charge in [0.1, 0.15) is 6.04 Å². The fourth-order valence-corrected chi connectivity index (χ4v) is 3.46. The van der Waals surface area contributed by atoms with Gasteiger partial charge >= 0.3 is 0 Å². The molecule has 36 heavy (non-hydrogen) atoms. The second-order valence-corrected chi connectivity index (χ2v) is 9.08. The Morgan fingerprint density at radius 3 is 2.31 bits per heavy atom. The van der Waals surface area contributed by atoms with E-state index in [2.05, 4.69) is 29.5 Å². The number of hydrogen-bond donors (Lipinski definition) is 4. The molecule has 11 nitrogen and oxygen atoms in total. The van der Waals surface area contributed by atoms with E-state index in [4.69, 9.17) is 5.73 Å². The number of Topliss-reactive ketones (excluding diaryl/α,β-unsaturated/α-hetero) is 1. The van der Waals surface area contributed by atoms with Gasteiger partial charge in [0.25, 0.3) is 5.96 Å². The molecule has 0 spiro atoms. The van der Waals surface area contributed by atoms with E-state index in [1.165, 1.54) is 0 Å². The minimum atomic E-state index is -0.800. The number of hydrazine groups is 1. The van der Waals surface area contributed by atoms with Gasteiger partial charge in [-0.2, -0.15) is 0 Å². The Kier molecular flexibility index (Phi) is 15.2. The number of aliphatic imine (C=N–C) groups is 1. The Morgan fingerprint density at radius 1 is 1.00 bits per heavy atom. The van der Waals surface area contributed by atoms with Gasteiger partial charge in [0.2, 0.25) is 11.8 Å². The minimum absolute atomic E-state index is 0.125. The van der Waals surface area contributed by atoms with E-state index < -0.39 is 11.1 Å². The molecule has 11 heteroatoms. The molecule has 0 unspecified atom stereocenters. The van der Waals surface area contributed by atoms with Crippen LogP contribution >= 0.6 is 0 Å². The minimum Gasteiger partial charge on any atom is -0.365 e. The quantitative estimate of drug-likeness (QED) is 0.0595. The van der Waals surface area contributed by atoms with Crippen LogP contribution < -0.4 is 21.8 Å². The normalized spacial score (nSPS) is 12.1. The molecule has 1 atom stereocenters. The third-order valence-electron chi connectivity index (χ3n) is 5.46. The van der Waals surface area contributed by atoms with Gasteiger partial charge in [-0.25, -0.2) is 15.1 Å². The lowest BCUT2D eigenvalue weighted by atomic mass is 10.0. The summed E-state index contributed by atoms with van der Waals surface area (Å²) in [4.78, 5) is 51.4. The van der Waals surface area contributed by atoms with Gasteiger partial charge in [-0.15, -0.1) is 0 Å². The molecular formula is C25H40N6O5. The summed E-state index contributed by atoms with van der Waals surface area (Å²) in [5.74, 6) is -0.221. The number of nitrogens with two attached hydrogens (primary N) is 1. The van der Waals surface area contributed by atoms with Crippen molar-refractivity contribution in [2.24, 2.45) is 16.6 Å². The van der Waals surface area contributed by atoms with Crippen molar-refractivity contribution in [3.05, 3.63) is 46.0 Å². The number of unbranched alkanes of at least 4 members (excludes halogenated alkanes) is 3. The topological polar surface area (TPSA) is 169 Å². The molecule has 0 aliphatic carbocycles. The summed E-state index contributed by atoms with van der Waals surface area (Å²) in [6.07, 6.45) is 5.45. The van der Waals surface area contributed by atoms with Gasteiger partial charge in [0.15, 0.2) is 10.8 Å². The average molecular weight is 505 g/mol. The zero-order valence-electron chi connectivity index (χ0n) is 21.3. The lowest BCUT2D eigenvalue weighted by molar-refractivity contribution is -0.525. The first kappa shape index (κ1) is 30.5. The third kappa shape index (κ3) is 14.7. The highest BCUT2D eigenvalue weighted by Crippen LogP contribution is 2.10. The number of ketones is 1. The average Bonchev–Trinajstić information content (AvgIpc) is 2.82. The van der Waals surface area contributed by atoms with Crippen LogP contribution in [0, 0.1) is 16.0 Å². The van der Waals surface area contributed by atoms with Crippen LogP contribution in [0.4, 0.5) is 0 Å². The monoisotopic (exact) mass is 504 g/mol. The SMILES string of the molecule is CC(C)CCNC(=O)[C@H](CCCN=C(N)N[N+](=O)[O-])NC(=O)CCCCCCC(=O)c1ccccc1. The summed E-state index contributed by atoms with van der Waals surface area (Å²) in [6, 6.07) is 8.48. The molecule has 200 valence electrons. The van der Waals surface area contributed by atoms with E-state index in [0.717, 1.165) is 31.2 Å². The molecule has 0 heterocycles. The number of nitrogens with one attached hydrogen (secondary N) is 3. The fraction of sp³-hybridized carbons (Fsp3) is 0.600. The van der Waals surface area contributed by atoms with Crippen molar-refractivity contribution < 1.29 is 19.4 Å². The fourth-order valence-electron chi connectivity index (χ4n) is 3.46. The van der Waals surface area contributed by atoms with Gasteiger partial charge < -0.3 is 16.4 Å². The predicted octanol–water partition coefficient (Wildman–Crippen LogP) is 2.73. The summed E-state index contributed by atoms with van der Waals surface area (Å²) in [5.41, 5.74) is 7.87. The highest BCUT2D eigenvalue weighted by molar-refractivity contribution is 5.95.